The number of aryl methyl sites for hydroxylation is 2. The van der Waals surface area contributed by atoms with Gasteiger partial charge in [-0.15, -0.1) is 0 Å². The zero-order valence-electron chi connectivity index (χ0n) is 16.0. The molecule has 0 fully saturated rings. The van der Waals surface area contributed by atoms with Gasteiger partial charge in [0.2, 0.25) is 0 Å². The molecule has 3 N–H and O–H groups in total. The smallest absolute Gasteiger partial charge is 0.294 e. The normalized spacial score (nSPS) is 12.4. The number of para-hydroxylation sites is 1. The summed E-state index contributed by atoms with van der Waals surface area (Å²) < 4.78 is 32.4. The average Bonchev–Trinajstić information content (AvgIpc) is 2.71. The predicted octanol–water partition coefficient (Wildman–Crippen LogP) is 3.54. The van der Waals surface area contributed by atoms with Gasteiger partial charge in [-0.1, -0.05) is 12.1 Å². The van der Waals surface area contributed by atoms with Crippen molar-refractivity contribution in [3.05, 3.63) is 74.0 Å². The van der Waals surface area contributed by atoms with Gasteiger partial charge in [0, 0.05) is 16.3 Å². The number of H-pyrrole nitrogens is 2. The molecule has 150 valence electrons. The number of benzene rings is 3. The lowest BCUT2D eigenvalue weighted by Gasteiger charge is -2.14. The summed E-state index contributed by atoms with van der Waals surface area (Å²) in [5.74, 6) is 0. The Hall–Kier alpha value is -3.49. The molecule has 0 unspecified atom stereocenters. The fourth-order valence-electron chi connectivity index (χ4n) is 4.19. The summed E-state index contributed by atoms with van der Waals surface area (Å²) >= 11 is 0. The molecule has 0 bridgehead atoms. The molecule has 0 saturated heterocycles. The lowest BCUT2D eigenvalue weighted by Crippen LogP contribution is -2.12. The van der Waals surface area contributed by atoms with Gasteiger partial charge in [0.1, 0.15) is 0 Å². The van der Waals surface area contributed by atoms with Gasteiger partial charge in [-0.3, -0.25) is 14.1 Å². The van der Waals surface area contributed by atoms with E-state index in [0.29, 0.717) is 49.2 Å². The van der Waals surface area contributed by atoms with E-state index in [0.717, 1.165) is 0 Å². The van der Waals surface area contributed by atoms with Crippen LogP contribution in [0.15, 0.2) is 56.9 Å². The molecule has 0 aliphatic carbocycles. The first-order chi connectivity index (χ1) is 14.2. The second kappa shape index (κ2) is 6.01. The molecule has 2 aromatic heterocycles. The number of fused-ring (bicyclic) bond motifs is 4. The molecule has 0 aliphatic heterocycles. The van der Waals surface area contributed by atoms with E-state index in [1.165, 1.54) is 18.2 Å². The fraction of sp³-hybridized carbons (Fsp3) is 0.0909. The van der Waals surface area contributed by atoms with Crippen LogP contribution in [-0.2, 0) is 10.1 Å². The maximum Gasteiger partial charge on any atom is 0.294 e. The van der Waals surface area contributed by atoms with Gasteiger partial charge in [-0.2, -0.15) is 8.42 Å². The summed E-state index contributed by atoms with van der Waals surface area (Å²) in [6.45, 7) is 3.53. The van der Waals surface area contributed by atoms with E-state index in [1.807, 2.05) is 12.1 Å². The number of rotatable bonds is 1. The Bertz CT molecular complexity index is 1780. The Balaban J connectivity index is 2.06. The van der Waals surface area contributed by atoms with Crippen LogP contribution in [0.3, 0.4) is 0 Å². The summed E-state index contributed by atoms with van der Waals surface area (Å²) in [5.41, 5.74) is 2.82. The van der Waals surface area contributed by atoms with Crippen LogP contribution in [0.2, 0.25) is 0 Å². The lowest BCUT2D eigenvalue weighted by molar-refractivity contribution is 0.483. The van der Waals surface area contributed by atoms with Crippen LogP contribution in [0.25, 0.3) is 43.6 Å². The number of aromatic amines is 2. The SMILES string of the molecule is Cc1c2[nH]c3cc(S(=O)(=O)O)ccc3c(=O)c2c(C)c2[nH]c3ccccc3c(=O)c12. The predicted molar refractivity (Wildman–Crippen MR) is 117 cm³/mol. The largest absolute Gasteiger partial charge is 0.354 e. The summed E-state index contributed by atoms with van der Waals surface area (Å²) in [6, 6.07) is 11.0. The van der Waals surface area contributed by atoms with E-state index in [-0.39, 0.29) is 21.3 Å². The van der Waals surface area contributed by atoms with E-state index < -0.39 is 10.1 Å². The standard InChI is InChI=1S/C22H16N2O5S/c1-10-18-20(24-16-9-12(30(27,28)29)7-8-14(16)22(18)26)11(2)17-19(10)23-15-6-4-3-5-13(15)21(17)25/h3-9H,1-2H3,(H,23,25)(H,24,26)(H,27,28,29). The molecule has 0 spiro atoms. The van der Waals surface area contributed by atoms with Crippen molar-refractivity contribution in [1.29, 1.82) is 0 Å². The highest BCUT2D eigenvalue weighted by molar-refractivity contribution is 7.85. The quantitative estimate of drug-likeness (QED) is 0.283. The molecule has 0 saturated carbocycles. The third-order valence-electron chi connectivity index (χ3n) is 5.68. The third-order valence-corrected chi connectivity index (χ3v) is 6.53. The zero-order chi connectivity index (χ0) is 21.4. The molecule has 7 nitrogen and oxygen atoms in total. The second-order valence-corrected chi connectivity index (χ2v) is 8.81. The van der Waals surface area contributed by atoms with Crippen LogP contribution in [0.5, 0.6) is 0 Å². The van der Waals surface area contributed by atoms with Crippen LogP contribution >= 0.6 is 0 Å². The van der Waals surface area contributed by atoms with E-state index >= 15 is 0 Å². The number of hydrogen-bond donors (Lipinski definition) is 3. The molecule has 2 heterocycles. The first-order valence-corrected chi connectivity index (χ1v) is 10.6. The molecule has 0 amide bonds. The summed E-state index contributed by atoms with van der Waals surface area (Å²) in [7, 11) is -4.42. The van der Waals surface area contributed by atoms with Crippen LogP contribution in [-0.4, -0.2) is 22.9 Å². The van der Waals surface area contributed by atoms with Crippen LogP contribution in [0, 0.1) is 13.8 Å². The van der Waals surface area contributed by atoms with Crippen LogP contribution in [0.4, 0.5) is 0 Å². The highest BCUT2D eigenvalue weighted by Crippen LogP contribution is 2.29. The van der Waals surface area contributed by atoms with Gasteiger partial charge in [-0.05, 0) is 55.3 Å². The van der Waals surface area contributed by atoms with Crippen molar-refractivity contribution in [3.63, 3.8) is 0 Å². The van der Waals surface area contributed by atoms with Gasteiger partial charge in [0.05, 0.1) is 32.2 Å². The minimum absolute atomic E-state index is 0.144. The maximum absolute atomic E-state index is 13.3. The highest BCUT2D eigenvalue weighted by Gasteiger charge is 2.19. The molecule has 0 atom stereocenters. The number of nitrogens with one attached hydrogen (secondary N) is 2. The Morgan fingerprint density at radius 1 is 0.767 bits per heavy atom. The third kappa shape index (κ3) is 2.44. The average molecular weight is 420 g/mol. The van der Waals surface area contributed by atoms with Gasteiger partial charge < -0.3 is 9.97 Å². The molecular formula is C22H16N2O5S. The lowest BCUT2D eigenvalue weighted by atomic mass is 9.96. The Kier molecular flexibility index (Phi) is 3.71. The molecule has 30 heavy (non-hydrogen) atoms. The molecule has 0 aliphatic rings. The van der Waals surface area contributed by atoms with E-state index in [2.05, 4.69) is 9.97 Å². The minimum Gasteiger partial charge on any atom is -0.354 e. The van der Waals surface area contributed by atoms with Crippen LogP contribution in [0.1, 0.15) is 11.1 Å². The molecule has 8 heteroatoms. The Labute approximate surface area is 169 Å². The summed E-state index contributed by atoms with van der Waals surface area (Å²) in [6.07, 6.45) is 0. The molecule has 5 aromatic rings. The molecule has 3 aromatic carbocycles. The van der Waals surface area contributed by atoms with Crippen molar-refractivity contribution < 1.29 is 13.0 Å². The van der Waals surface area contributed by atoms with Crippen molar-refractivity contribution in [3.8, 4) is 0 Å². The van der Waals surface area contributed by atoms with Gasteiger partial charge in [0.25, 0.3) is 10.1 Å². The molecule has 5 rings (SSSR count). The molecule has 0 radical (unpaired) electrons. The first kappa shape index (κ1) is 18.5. The maximum atomic E-state index is 13.3. The summed E-state index contributed by atoms with van der Waals surface area (Å²) in [5, 5.41) is 1.74. The van der Waals surface area contributed by atoms with E-state index in [9.17, 15) is 22.6 Å². The van der Waals surface area contributed by atoms with Crippen LogP contribution < -0.4 is 10.9 Å². The Morgan fingerprint density at radius 3 is 1.90 bits per heavy atom. The van der Waals surface area contributed by atoms with Crippen molar-refractivity contribution >= 4 is 53.7 Å². The molecular weight excluding hydrogens is 404 g/mol. The van der Waals surface area contributed by atoms with E-state index in [4.69, 9.17) is 0 Å². The number of aromatic nitrogens is 2. The topological polar surface area (TPSA) is 120 Å². The summed E-state index contributed by atoms with van der Waals surface area (Å²) in [4.78, 5) is 32.6. The highest BCUT2D eigenvalue weighted by atomic mass is 32.2. The zero-order valence-corrected chi connectivity index (χ0v) is 16.8. The second-order valence-electron chi connectivity index (χ2n) is 7.39. The fourth-order valence-corrected chi connectivity index (χ4v) is 4.70. The van der Waals surface area contributed by atoms with Crippen molar-refractivity contribution in [2.75, 3.05) is 0 Å². The van der Waals surface area contributed by atoms with Crippen molar-refractivity contribution in [2.24, 2.45) is 0 Å². The van der Waals surface area contributed by atoms with Gasteiger partial charge in [-0.25, -0.2) is 0 Å². The Morgan fingerprint density at radius 2 is 1.30 bits per heavy atom. The van der Waals surface area contributed by atoms with Crippen molar-refractivity contribution in [1.82, 2.24) is 9.97 Å². The van der Waals surface area contributed by atoms with Gasteiger partial charge in [0.15, 0.2) is 10.9 Å². The minimum atomic E-state index is -4.42. The number of hydrogen-bond acceptors (Lipinski definition) is 4. The monoisotopic (exact) mass is 420 g/mol. The van der Waals surface area contributed by atoms with E-state index in [1.54, 1.807) is 26.0 Å². The number of pyridine rings is 2. The first-order valence-electron chi connectivity index (χ1n) is 9.19. The van der Waals surface area contributed by atoms with Crippen molar-refractivity contribution in [2.45, 2.75) is 18.7 Å². The van der Waals surface area contributed by atoms with Gasteiger partial charge >= 0.3 is 0 Å².